The maximum Gasteiger partial charge on any atom is 0.251 e. The van der Waals surface area contributed by atoms with Crippen LogP contribution in [0.25, 0.3) is 0 Å². The zero-order valence-corrected chi connectivity index (χ0v) is 15.7. The molecule has 1 aliphatic rings. The maximum absolute atomic E-state index is 13.2. The summed E-state index contributed by atoms with van der Waals surface area (Å²) in [6, 6.07) is 14.5. The molecule has 27 heavy (non-hydrogen) atoms. The molecule has 0 spiro atoms. The molecule has 2 amide bonds. The van der Waals surface area contributed by atoms with Crippen LogP contribution in [0.15, 0.2) is 54.6 Å². The fourth-order valence-electron chi connectivity index (χ4n) is 3.57. The average Bonchev–Trinajstić information content (AvgIpc) is 3.16. The molecule has 4 nitrogen and oxygen atoms in total. The van der Waals surface area contributed by atoms with Crippen molar-refractivity contribution in [3.63, 3.8) is 0 Å². The first-order valence-corrected chi connectivity index (χ1v) is 9.39. The molecule has 0 aromatic heterocycles. The van der Waals surface area contributed by atoms with Gasteiger partial charge >= 0.3 is 0 Å². The van der Waals surface area contributed by atoms with E-state index in [2.05, 4.69) is 5.32 Å². The molecule has 1 fully saturated rings. The smallest absolute Gasteiger partial charge is 0.251 e. The number of likely N-dealkylation sites (tertiary alicyclic amines) is 1. The number of carbonyl (C=O) groups excluding carboxylic acids is 2. The number of nitrogens with one attached hydrogen (secondary N) is 1. The van der Waals surface area contributed by atoms with Crippen LogP contribution in [0.2, 0.25) is 0 Å². The lowest BCUT2D eigenvalue weighted by atomic mass is 9.99. The minimum absolute atomic E-state index is 0.0420. The normalized spacial score (nSPS) is 17.8. The van der Waals surface area contributed by atoms with Crippen LogP contribution in [0, 0.1) is 11.7 Å². The Hall–Kier alpha value is -2.69. The Morgan fingerprint density at radius 3 is 2.37 bits per heavy atom. The molecule has 0 radical (unpaired) electrons. The van der Waals surface area contributed by atoms with Gasteiger partial charge in [-0.2, -0.15) is 0 Å². The van der Waals surface area contributed by atoms with Crippen molar-refractivity contribution < 1.29 is 14.0 Å². The molecule has 0 aliphatic carbocycles. The largest absolute Gasteiger partial charge is 0.340 e. The topological polar surface area (TPSA) is 49.4 Å². The Morgan fingerprint density at radius 2 is 1.74 bits per heavy atom. The van der Waals surface area contributed by atoms with Gasteiger partial charge in [0.15, 0.2) is 0 Å². The van der Waals surface area contributed by atoms with E-state index in [1.807, 2.05) is 24.8 Å². The summed E-state index contributed by atoms with van der Waals surface area (Å²) in [4.78, 5) is 27.6. The van der Waals surface area contributed by atoms with Gasteiger partial charge in [-0.1, -0.05) is 44.2 Å². The third kappa shape index (κ3) is 4.35. The van der Waals surface area contributed by atoms with Gasteiger partial charge in [-0.05, 0) is 48.6 Å². The number of rotatable bonds is 5. The van der Waals surface area contributed by atoms with Gasteiger partial charge in [0, 0.05) is 12.1 Å². The van der Waals surface area contributed by atoms with E-state index in [1.165, 1.54) is 12.1 Å². The average molecular weight is 368 g/mol. The van der Waals surface area contributed by atoms with E-state index in [4.69, 9.17) is 0 Å². The molecule has 2 aromatic rings. The summed E-state index contributed by atoms with van der Waals surface area (Å²) >= 11 is 0. The van der Waals surface area contributed by atoms with E-state index in [0.717, 1.165) is 18.4 Å². The van der Waals surface area contributed by atoms with Gasteiger partial charge in [0.25, 0.3) is 5.91 Å². The molecule has 1 saturated heterocycles. The van der Waals surface area contributed by atoms with Crippen molar-refractivity contribution in [2.24, 2.45) is 5.92 Å². The Balaban J connectivity index is 1.77. The summed E-state index contributed by atoms with van der Waals surface area (Å²) < 4.78 is 13.2. The number of carbonyl (C=O) groups is 2. The van der Waals surface area contributed by atoms with Gasteiger partial charge in [0.1, 0.15) is 11.9 Å². The first kappa shape index (κ1) is 19.1. The summed E-state index contributed by atoms with van der Waals surface area (Å²) in [6.07, 6.45) is 1.74. The highest BCUT2D eigenvalue weighted by Crippen LogP contribution is 2.33. The van der Waals surface area contributed by atoms with Gasteiger partial charge < -0.3 is 10.2 Å². The van der Waals surface area contributed by atoms with Crippen molar-refractivity contribution in [2.45, 2.75) is 38.8 Å². The van der Waals surface area contributed by atoms with Gasteiger partial charge in [-0.25, -0.2) is 4.39 Å². The van der Waals surface area contributed by atoms with Crippen LogP contribution in [-0.4, -0.2) is 29.3 Å². The van der Waals surface area contributed by atoms with Crippen molar-refractivity contribution in [3.05, 3.63) is 71.5 Å². The predicted octanol–water partition coefficient (Wildman–Crippen LogP) is 3.94. The molecule has 142 valence electrons. The lowest BCUT2D eigenvalue weighted by Crippen LogP contribution is -2.51. The molecule has 3 rings (SSSR count). The molecule has 0 bridgehead atoms. The van der Waals surface area contributed by atoms with Gasteiger partial charge in [-0.3, -0.25) is 9.59 Å². The number of benzene rings is 2. The summed E-state index contributed by atoms with van der Waals surface area (Å²) in [6.45, 7) is 4.50. The van der Waals surface area contributed by atoms with E-state index in [9.17, 15) is 14.0 Å². The number of hydrogen-bond donors (Lipinski definition) is 1. The van der Waals surface area contributed by atoms with Crippen LogP contribution < -0.4 is 5.32 Å². The summed E-state index contributed by atoms with van der Waals surface area (Å²) in [5.41, 5.74) is 1.46. The van der Waals surface area contributed by atoms with Crippen molar-refractivity contribution in [2.75, 3.05) is 6.54 Å². The quantitative estimate of drug-likeness (QED) is 0.869. The van der Waals surface area contributed by atoms with Crippen LogP contribution in [0.1, 0.15) is 48.7 Å². The van der Waals surface area contributed by atoms with E-state index in [1.54, 1.807) is 36.4 Å². The van der Waals surface area contributed by atoms with Crippen LogP contribution in [0.5, 0.6) is 0 Å². The second kappa shape index (κ2) is 8.33. The molecular weight excluding hydrogens is 343 g/mol. The molecule has 2 aromatic carbocycles. The molecule has 0 saturated carbocycles. The molecule has 2 unspecified atom stereocenters. The van der Waals surface area contributed by atoms with Gasteiger partial charge in [0.05, 0.1) is 6.04 Å². The van der Waals surface area contributed by atoms with Gasteiger partial charge in [-0.15, -0.1) is 0 Å². The number of halogens is 1. The molecular formula is C22H25FN2O2. The predicted molar refractivity (Wildman–Crippen MR) is 103 cm³/mol. The SMILES string of the molecule is CC(C)C(NC(=O)c1ccccc1)C(=O)N1CCCC1c1ccc(F)cc1. The lowest BCUT2D eigenvalue weighted by molar-refractivity contribution is -0.135. The monoisotopic (exact) mass is 368 g/mol. The zero-order valence-electron chi connectivity index (χ0n) is 15.7. The van der Waals surface area contributed by atoms with Crippen molar-refractivity contribution in [1.29, 1.82) is 0 Å². The molecule has 2 atom stereocenters. The Morgan fingerprint density at radius 1 is 1.07 bits per heavy atom. The van der Waals surface area contributed by atoms with E-state index in [0.29, 0.717) is 12.1 Å². The second-order valence-electron chi connectivity index (χ2n) is 7.30. The Labute approximate surface area is 159 Å². The molecule has 1 aliphatic heterocycles. The maximum atomic E-state index is 13.2. The van der Waals surface area contributed by atoms with Crippen molar-refractivity contribution in [1.82, 2.24) is 10.2 Å². The highest BCUT2D eigenvalue weighted by atomic mass is 19.1. The standard InChI is InChI=1S/C22H25FN2O2/c1-15(2)20(24-21(26)17-7-4-3-5-8-17)22(27)25-14-6-9-19(25)16-10-12-18(23)13-11-16/h3-5,7-8,10-13,15,19-20H,6,9,14H2,1-2H3,(H,24,26). The molecule has 1 heterocycles. The zero-order chi connectivity index (χ0) is 19.4. The first-order chi connectivity index (χ1) is 13.0. The number of amides is 2. The number of hydrogen-bond acceptors (Lipinski definition) is 2. The van der Waals surface area contributed by atoms with E-state index < -0.39 is 6.04 Å². The Kier molecular flexibility index (Phi) is 5.89. The second-order valence-corrected chi connectivity index (χ2v) is 7.30. The van der Waals surface area contributed by atoms with E-state index in [-0.39, 0.29) is 29.6 Å². The Bertz CT molecular complexity index is 790. The highest BCUT2D eigenvalue weighted by molar-refractivity contribution is 5.97. The minimum atomic E-state index is -0.598. The molecule has 5 heteroatoms. The summed E-state index contributed by atoms with van der Waals surface area (Å²) in [5, 5.41) is 2.90. The number of nitrogens with zero attached hydrogens (tertiary/aromatic N) is 1. The summed E-state index contributed by atoms with van der Waals surface area (Å²) in [5.74, 6) is -0.661. The van der Waals surface area contributed by atoms with Crippen molar-refractivity contribution in [3.8, 4) is 0 Å². The third-order valence-electron chi connectivity index (χ3n) is 5.05. The summed E-state index contributed by atoms with van der Waals surface area (Å²) in [7, 11) is 0. The van der Waals surface area contributed by atoms with Crippen LogP contribution in [0.3, 0.4) is 0 Å². The van der Waals surface area contributed by atoms with Crippen LogP contribution >= 0.6 is 0 Å². The lowest BCUT2D eigenvalue weighted by Gasteiger charge is -2.31. The van der Waals surface area contributed by atoms with Crippen molar-refractivity contribution >= 4 is 11.8 Å². The fourth-order valence-corrected chi connectivity index (χ4v) is 3.57. The minimum Gasteiger partial charge on any atom is -0.340 e. The van der Waals surface area contributed by atoms with Crippen LogP contribution in [-0.2, 0) is 4.79 Å². The fraction of sp³-hybridized carbons (Fsp3) is 0.364. The van der Waals surface area contributed by atoms with Gasteiger partial charge in [0.2, 0.25) is 5.91 Å². The first-order valence-electron chi connectivity index (χ1n) is 9.39. The third-order valence-corrected chi connectivity index (χ3v) is 5.05. The molecule has 1 N–H and O–H groups in total. The van der Waals surface area contributed by atoms with Crippen LogP contribution in [0.4, 0.5) is 4.39 Å². The van der Waals surface area contributed by atoms with E-state index >= 15 is 0 Å². The highest BCUT2D eigenvalue weighted by Gasteiger charge is 2.36.